The molecule has 1 aromatic heterocycles. The van der Waals surface area contributed by atoms with Crippen LogP contribution in [0.4, 0.5) is 5.69 Å². The van der Waals surface area contributed by atoms with E-state index >= 15 is 0 Å². The van der Waals surface area contributed by atoms with Gasteiger partial charge in [-0.05, 0) is 25.5 Å². The molecule has 0 saturated heterocycles. The molecule has 1 aliphatic rings. The molecule has 3 rings (SSSR count). The molecule has 0 atom stereocenters. The van der Waals surface area contributed by atoms with Crippen LogP contribution in [0.25, 0.3) is 0 Å². The fraction of sp³-hybridized carbons (Fsp3) is 0.267. The summed E-state index contributed by atoms with van der Waals surface area (Å²) in [6.07, 6.45) is 2.36. The second-order valence-corrected chi connectivity index (χ2v) is 4.77. The minimum absolute atomic E-state index is 0.0743. The number of amides is 1. The van der Waals surface area contributed by atoms with Crippen LogP contribution in [0.1, 0.15) is 39.4 Å². The van der Waals surface area contributed by atoms with Crippen LogP contribution in [0, 0.1) is 6.92 Å². The molecular formula is C15H14N2O3. The second kappa shape index (κ2) is 4.92. The SMILES string of the molecule is Cc1ncoc1C(=O)N1CCCC(=O)c2ccccc21. The lowest BCUT2D eigenvalue weighted by molar-refractivity contribution is 0.0955. The molecule has 5 heteroatoms. The number of Topliss-reactive ketones (excluding diaryl/α,β-unsaturated/α-hetero) is 1. The zero-order valence-corrected chi connectivity index (χ0v) is 11.1. The zero-order valence-electron chi connectivity index (χ0n) is 11.1. The first-order valence-electron chi connectivity index (χ1n) is 6.52. The molecule has 20 heavy (non-hydrogen) atoms. The summed E-state index contributed by atoms with van der Waals surface area (Å²) in [4.78, 5) is 30.2. The normalized spacial score (nSPS) is 14.8. The third-order valence-electron chi connectivity index (χ3n) is 3.47. The van der Waals surface area contributed by atoms with Gasteiger partial charge in [0.2, 0.25) is 5.76 Å². The maximum atomic E-state index is 12.6. The van der Waals surface area contributed by atoms with Crippen molar-refractivity contribution in [2.45, 2.75) is 19.8 Å². The lowest BCUT2D eigenvalue weighted by Gasteiger charge is -2.21. The van der Waals surface area contributed by atoms with Crippen LogP contribution < -0.4 is 4.90 Å². The molecule has 0 fully saturated rings. The van der Waals surface area contributed by atoms with Crippen molar-refractivity contribution in [3.63, 3.8) is 0 Å². The van der Waals surface area contributed by atoms with Crippen LogP contribution in [0.2, 0.25) is 0 Å². The van der Waals surface area contributed by atoms with Crippen molar-refractivity contribution in [1.82, 2.24) is 4.98 Å². The molecule has 0 N–H and O–H groups in total. The van der Waals surface area contributed by atoms with Gasteiger partial charge >= 0.3 is 0 Å². The molecule has 5 nitrogen and oxygen atoms in total. The number of carbonyl (C=O) groups excluding carboxylic acids is 2. The van der Waals surface area contributed by atoms with Crippen LogP contribution in [0.3, 0.4) is 0 Å². The first-order chi connectivity index (χ1) is 9.68. The summed E-state index contributed by atoms with van der Waals surface area (Å²) in [7, 11) is 0. The van der Waals surface area contributed by atoms with E-state index in [1.807, 2.05) is 12.1 Å². The Morgan fingerprint density at radius 3 is 2.90 bits per heavy atom. The van der Waals surface area contributed by atoms with Gasteiger partial charge in [-0.2, -0.15) is 0 Å². The Labute approximate surface area is 116 Å². The van der Waals surface area contributed by atoms with E-state index in [1.165, 1.54) is 6.39 Å². The third kappa shape index (κ3) is 2.01. The van der Waals surface area contributed by atoms with Gasteiger partial charge in [-0.15, -0.1) is 0 Å². The largest absolute Gasteiger partial charge is 0.438 e. The fourth-order valence-electron chi connectivity index (χ4n) is 2.44. The molecule has 1 aliphatic heterocycles. The van der Waals surface area contributed by atoms with Gasteiger partial charge in [0.1, 0.15) is 0 Å². The minimum atomic E-state index is -0.248. The average Bonchev–Trinajstić information content (AvgIpc) is 2.81. The van der Waals surface area contributed by atoms with E-state index in [1.54, 1.807) is 24.0 Å². The van der Waals surface area contributed by atoms with Gasteiger partial charge in [-0.1, -0.05) is 12.1 Å². The molecule has 102 valence electrons. The first-order valence-corrected chi connectivity index (χ1v) is 6.52. The number of aryl methyl sites for hydroxylation is 1. The molecule has 1 amide bonds. The van der Waals surface area contributed by atoms with Crippen molar-refractivity contribution in [3.05, 3.63) is 47.7 Å². The topological polar surface area (TPSA) is 63.4 Å². The van der Waals surface area contributed by atoms with Crippen LogP contribution in [-0.4, -0.2) is 23.2 Å². The summed E-state index contributed by atoms with van der Waals surface area (Å²) < 4.78 is 5.17. The minimum Gasteiger partial charge on any atom is -0.438 e. The summed E-state index contributed by atoms with van der Waals surface area (Å²) >= 11 is 0. The first kappa shape index (κ1) is 12.6. The maximum absolute atomic E-state index is 12.6. The van der Waals surface area contributed by atoms with Crippen molar-refractivity contribution < 1.29 is 14.0 Å². The Morgan fingerprint density at radius 1 is 1.35 bits per heavy atom. The highest BCUT2D eigenvalue weighted by molar-refractivity contribution is 6.10. The molecule has 0 spiro atoms. The summed E-state index contributed by atoms with van der Waals surface area (Å²) in [5.74, 6) is 0.0569. The summed E-state index contributed by atoms with van der Waals surface area (Å²) in [6, 6.07) is 7.19. The molecule has 1 aromatic carbocycles. The Bertz CT molecular complexity index is 675. The van der Waals surface area contributed by atoms with Crippen molar-refractivity contribution in [3.8, 4) is 0 Å². The van der Waals surface area contributed by atoms with Crippen molar-refractivity contribution in [2.75, 3.05) is 11.4 Å². The number of fused-ring (bicyclic) bond motifs is 1. The van der Waals surface area contributed by atoms with E-state index in [-0.39, 0.29) is 17.5 Å². The number of para-hydroxylation sites is 1. The quantitative estimate of drug-likeness (QED) is 0.799. The van der Waals surface area contributed by atoms with E-state index in [9.17, 15) is 9.59 Å². The number of carbonyl (C=O) groups is 2. The van der Waals surface area contributed by atoms with Crippen LogP contribution in [0.15, 0.2) is 35.1 Å². The van der Waals surface area contributed by atoms with E-state index < -0.39 is 0 Å². The van der Waals surface area contributed by atoms with Crippen molar-refractivity contribution in [2.24, 2.45) is 0 Å². The van der Waals surface area contributed by atoms with Crippen LogP contribution in [-0.2, 0) is 0 Å². The fourth-order valence-corrected chi connectivity index (χ4v) is 2.44. The standard InChI is InChI=1S/C15H14N2O3/c1-10-14(20-9-16-10)15(19)17-8-4-7-13(18)11-5-2-3-6-12(11)17/h2-3,5-6,9H,4,7-8H2,1H3. The Kier molecular flexibility index (Phi) is 3.10. The Hall–Kier alpha value is -2.43. The third-order valence-corrected chi connectivity index (χ3v) is 3.47. The van der Waals surface area contributed by atoms with Crippen LogP contribution >= 0.6 is 0 Å². The number of anilines is 1. The molecule has 2 aromatic rings. The molecule has 0 saturated carbocycles. The van der Waals surface area contributed by atoms with Gasteiger partial charge in [0.25, 0.3) is 5.91 Å². The lowest BCUT2D eigenvalue weighted by atomic mass is 10.1. The molecule has 0 unspecified atom stereocenters. The second-order valence-electron chi connectivity index (χ2n) is 4.77. The van der Waals surface area contributed by atoms with E-state index in [4.69, 9.17) is 4.42 Å². The summed E-state index contributed by atoms with van der Waals surface area (Å²) in [6.45, 7) is 2.23. The highest BCUT2D eigenvalue weighted by atomic mass is 16.3. The monoisotopic (exact) mass is 270 g/mol. The smallest absolute Gasteiger partial charge is 0.295 e. The summed E-state index contributed by atoms with van der Waals surface area (Å²) in [5, 5.41) is 0. The van der Waals surface area contributed by atoms with Gasteiger partial charge in [0.15, 0.2) is 12.2 Å². The van der Waals surface area contributed by atoms with Gasteiger partial charge in [0.05, 0.1) is 11.4 Å². The lowest BCUT2D eigenvalue weighted by Crippen LogP contribution is -2.32. The molecule has 0 radical (unpaired) electrons. The highest BCUT2D eigenvalue weighted by Crippen LogP contribution is 2.27. The van der Waals surface area contributed by atoms with Gasteiger partial charge < -0.3 is 9.32 Å². The average molecular weight is 270 g/mol. The van der Waals surface area contributed by atoms with Gasteiger partial charge in [-0.25, -0.2) is 4.98 Å². The van der Waals surface area contributed by atoms with Crippen molar-refractivity contribution >= 4 is 17.4 Å². The zero-order chi connectivity index (χ0) is 14.1. The number of oxazole rings is 1. The number of hydrogen-bond donors (Lipinski definition) is 0. The van der Waals surface area contributed by atoms with E-state index in [0.717, 1.165) is 0 Å². The Balaban J connectivity index is 2.06. The van der Waals surface area contributed by atoms with Gasteiger partial charge in [-0.3, -0.25) is 9.59 Å². The predicted octanol–water partition coefficient (Wildman–Crippen LogP) is 2.61. The number of ketones is 1. The van der Waals surface area contributed by atoms with E-state index in [2.05, 4.69) is 4.98 Å². The molecule has 0 aliphatic carbocycles. The predicted molar refractivity (Wildman–Crippen MR) is 72.9 cm³/mol. The maximum Gasteiger partial charge on any atom is 0.295 e. The Morgan fingerprint density at radius 2 is 2.15 bits per heavy atom. The van der Waals surface area contributed by atoms with Crippen LogP contribution in [0.5, 0.6) is 0 Å². The molecule has 2 heterocycles. The number of aromatic nitrogens is 1. The number of nitrogens with zero attached hydrogens (tertiary/aromatic N) is 2. The molecule has 0 bridgehead atoms. The van der Waals surface area contributed by atoms with E-state index in [0.29, 0.717) is 36.3 Å². The number of hydrogen-bond acceptors (Lipinski definition) is 4. The molecular weight excluding hydrogens is 256 g/mol. The number of rotatable bonds is 1. The highest BCUT2D eigenvalue weighted by Gasteiger charge is 2.28. The summed E-state index contributed by atoms with van der Waals surface area (Å²) in [5.41, 5.74) is 1.80. The van der Waals surface area contributed by atoms with Gasteiger partial charge in [0, 0.05) is 18.5 Å². The number of benzene rings is 1. The van der Waals surface area contributed by atoms with Crippen molar-refractivity contribution in [1.29, 1.82) is 0 Å².